The Kier molecular flexibility index (Phi) is 7.03. The van der Waals surface area contributed by atoms with Crippen LogP contribution in [0.1, 0.15) is 25.3 Å². The normalized spacial score (nSPS) is 11.7. The quantitative estimate of drug-likeness (QED) is 0.520. The number of carbonyl (C=O) groups excluding carboxylic acids is 2. The molecule has 1 unspecified atom stereocenters. The summed E-state index contributed by atoms with van der Waals surface area (Å²) >= 11 is 5.97. The van der Waals surface area contributed by atoms with Gasteiger partial charge >= 0.3 is 0 Å². The first-order valence-electron chi connectivity index (χ1n) is 9.50. The van der Waals surface area contributed by atoms with Crippen molar-refractivity contribution in [1.82, 2.24) is 15.5 Å². The van der Waals surface area contributed by atoms with Gasteiger partial charge in [0.15, 0.2) is 5.82 Å². The van der Waals surface area contributed by atoms with E-state index in [0.29, 0.717) is 17.3 Å². The summed E-state index contributed by atoms with van der Waals surface area (Å²) < 4.78 is 0. The Bertz CT molecular complexity index is 972. The van der Waals surface area contributed by atoms with E-state index in [9.17, 15) is 9.59 Å². The van der Waals surface area contributed by atoms with E-state index in [2.05, 4.69) is 20.8 Å². The number of H-pyrrole nitrogens is 1. The van der Waals surface area contributed by atoms with Gasteiger partial charge in [0.1, 0.15) is 6.04 Å². The lowest BCUT2D eigenvalue weighted by Crippen LogP contribution is -2.44. The number of aromatic amines is 1. The third-order valence-electron chi connectivity index (χ3n) is 4.40. The SMILES string of the molecule is CCCC(NC(=O)Cc1cccc(Cl)c1)C(=O)Nc1cc(-c2ccccc2)[nH]n1. The fraction of sp³-hybridized carbons (Fsp3) is 0.227. The van der Waals surface area contributed by atoms with Gasteiger partial charge in [0, 0.05) is 11.1 Å². The van der Waals surface area contributed by atoms with Crippen molar-refractivity contribution >= 4 is 29.2 Å². The fourth-order valence-electron chi connectivity index (χ4n) is 3.00. The minimum atomic E-state index is -0.636. The summed E-state index contributed by atoms with van der Waals surface area (Å²) in [4.78, 5) is 25.1. The minimum Gasteiger partial charge on any atom is -0.344 e. The van der Waals surface area contributed by atoms with E-state index >= 15 is 0 Å². The van der Waals surface area contributed by atoms with Crippen LogP contribution < -0.4 is 10.6 Å². The van der Waals surface area contributed by atoms with Crippen molar-refractivity contribution < 1.29 is 9.59 Å². The highest BCUT2D eigenvalue weighted by Crippen LogP contribution is 2.19. The molecular weight excluding hydrogens is 388 g/mol. The lowest BCUT2D eigenvalue weighted by molar-refractivity contribution is -0.126. The molecule has 1 atom stereocenters. The summed E-state index contributed by atoms with van der Waals surface area (Å²) in [6.07, 6.45) is 1.45. The number of hydrogen-bond acceptors (Lipinski definition) is 3. The van der Waals surface area contributed by atoms with E-state index in [1.165, 1.54) is 0 Å². The van der Waals surface area contributed by atoms with E-state index in [1.807, 2.05) is 43.3 Å². The van der Waals surface area contributed by atoms with Gasteiger partial charge in [-0.1, -0.05) is 67.4 Å². The van der Waals surface area contributed by atoms with Gasteiger partial charge in [-0.3, -0.25) is 14.7 Å². The van der Waals surface area contributed by atoms with Crippen molar-refractivity contribution in [2.45, 2.75) is 32.2 Å². The maximum absolute atomic E-state index is 12.7. The molecule has 150 valence electrons. The number of hydrogen-bond donors (Lipinski definition) is 3. The number of amides is 2. The van der Waals surface area contributed by atoms with E-state index in [0.717, 1.165) is 23.2 Å². The zero-order valence-corrected chi connectivity index (χ0v) is 16.9. The van der Waals surface area contributed by atoms with E-state index < -0.39 is 6.04 Å². The predicted molar refractivity (Wildman–Crippen MR) is 115 cm³/mol. The van der Waals surface area contributed by atoms with Crippen LogP contribution in [0.4, 0.5) is 5.82 Å². The number of benzene rings is 2. The summed E-state index contributed by atoms with van der Waals surface area (Å²) in [6, 6.07) is 18.0. The molecule has 2 amide bonds. The van der Waals surface area contributed by atoms with Gasteiger partial charge in [0.05, 0.1) is 12.1 Å². The van der Waals surface area contributed by atoms with Crippen LogP contribution in [-0.2, 0) is 16.0 Å². The van der Waals surface area contributed by atoms with Crippen LogP contribution in [0, 0.1) is 0 Å². The number of rotatable bonds is 8. The summed E-state index contributed by atoms with van der Waals surface area (Å²) in [6.45, 7) is 1.96. The average molecular weight is 411 g/mol. The fourth-order valence-corrected chi connectivity index (χ4v) is 3.21. The van der Waals surface area contributed by atoms with Gasteiger partial charge in [-0.05, 0) is 29.7 Å². The molecule has 1 heterocycles. The second-order valence-electron chi connectivity index (χ2n) is 6.74. The van der Waals surface area contributed by atoms with Gasteiger partial charge in [0.2, 0.25) is 11.8 Å². The van der Waals surface area contributed by atoms with Crippen molar-refractivity contribution in [3.63, 3.8) is 0 Å². The molecule has 1 aromatic heterocycles. The van der Waals surface area contributed by atoms with Crippen LogP contribution in [0.2, 0.25) is 5.02 Å². The number of aromatic nitrogens is 2. The Balaban J connectivity index is 1.62. The zero-order chi connectivity index (χ0) is 20.6. The predicted octanol–water partition coefficient (Wildman–Crippen LogP) is 4.20. The first-order valence-corrected chi connectivity index (χ1v) is 9.88. The Hall–Kier alpha value is -3.12. The lowest BCUT2D eigenvalue weighted by Gasteiger charge is -2.17. The van der Waals surface area contributed by atoms with E-state index in [-0.39, 0.29) is 18.2 Å². The molecule has 7 heteroatoms. The van der Waals surface area contributed by atoms with Crippen molar-refractivity contribution in [1.29, 1.82) is 0 Å². The lowest BCUT2D eigenvalue weighted by atomic mass is 10.1. The summed E-state index contributed by atoms with van der Waals surface area (Å²) in [5.74, 6) is -0.107. The van der Waals surface area contributed by atoms with Crippen LogP contribution in [0.25, 0.3) is 11.3 Å². The second-order valence-corrected chi connectivity index (χ2v) is 7.17. The molecule has 3 N–H and O–H groups in total. The number of halogens is 1. The molecule has 0 fully saturated rings. The number of nitrogens with one attached hydrogen (secondary N) is 3. The molecule has 2 aromatic carbocycles. The maximum Gasteiger partial charge on any atom is 0.248 e. The number of carbonyl (C=O) groups is 2. The van der Waals surface area contributed by atoms with Crippen LogP contribution in [-0.4, -0.2) is 28.1 Å². The first kappa shape index (κ1) is 20.6. The van der Waals surface area contributed by atoms with E-state index in [4.69, 9.17) is 11.6 Å². The molecule has 0 saturated heterocycles. The highest BCUT2D eigenvalue weighted by atomic mass is 35.5. The topological polar surface area (TPSA) is 86.9 Å². The molecule has 0 radical (unpaired) electrons. The molecule has 0 aliphatic rings. The second kappa shape index (κ2) is 9.89. The molecule has 0 spiro atoms. The molecular formula is C22H23ClN4O2. The molecule has 0 aliphatic heterocycles. The van der Waals surface area contributed by atoms with Crippen molar-refractivity contribution in [3.05, 3.63) is 71.2 Å². The van der Waals surface area contributed by atoms with Crippen LogP contribution in [0.5, 0.6) is 0 Å². The van der Waals surface area contributed by atoms with Gasteiger partial charge < -0.3 is 10.6 Å². The molecule has 6 nitrogen and oxygen atoms in total. The highest BCUT2D eigenvalue weighted by molar-refractivity contribution is 6.30. The number of anilines is 1. The first-order chi connectivity index (χ1) is 14.0. The van der Waals surface area contributed by atoms with Crippen LogP contribution in [0.3, 0.4) is 0 Å². The Labute approximate surface area is 174 Å². The van der Waals surface area contributed by atoms with Crippen LogP contribution in [0.15, 0.2) is 60.7 Å². The monoisotopic (exact) mass is 410 g/mol. The molecule has 0 saturated carbocycles. The van der Waals surface area contributed by atoms with Gasteiger partial charge in [-0.25, -0.2) is 0 Å². The molecule has 3 rings (SSSR count). The number of nitrogens with zero attached hydrogens (tertiary/aromatic N) is 1. The molecule has 0 bridgehead atoms. The highest BCUT2D eigenvalue weighted by Gasteiger charge is 2.21. The summed E-state index contributed by atoms with van der Waals surface area (Å²) in [7, 11) is 0. The molecule has 29 heavy (non-hydrogen) atoms. The maximum atomic E-state index is 12.7. The third-order valence-corrected chi connectivity index (χ3v) is 4.63. The van der Waals surface area contributed by atoms with Crippen LogP contribution >= 0.6 is 11.6 Å². The van der Waals surface area contributed by atoms with Crippen molar-refractivity contribution in [2.24, 2.45) is 0 Å². The minimum absolute atomic E-state index is 0.161. The summed E-state index contributed by atoms with van der Waals surface area (Å²) in [5.41, 5.74) is 2.57. The molecule has 3 aromatic rings. The van der Waals surface area contributed by atoms with Gasteiger partial charge in [-0.15, -0.1) is 0 Å². The van der Waals surface area contributed by atoms with E-state index in [1.54, 1.807) is 24.3 Å². The van der Waals surface area contributed by atoms with Gasteiger partial charge in [-0.2, -0.15) is 5.10 Å². The van der Waals surface area contributed by atoms with Gasteiger partial charge in [0.25, 0.3) is 0 Å². The van der Waals surface area contributed by atoms with Crippen molar-refractivity contribution in [2.75, 3.05) is 5.32 Å². The standard InChI is InChI=1S/C22H23ClN4O2/c1-2-7-18(24-21(28)13-15-8-6-11-17(23)12-15)22(29)25-20-14-19(26-27-20)16-9-4-3-5-10-16/h3-6,8-12,14,18H,2,7,13H2,1H3,(H,24,28)(H2,25,26,27,29). The Morgan fingerprint density at radius 1 is 1.10 bits per heavy atom. The zero-order valence-electron chi connectivity index (χ0n) is 16.1. The Morgan fingerprint density at radius 3 is 2.62 bits per heavy atom. The summed E-state index contributed by atoms with van der Waals surface area (Å²) in [5, 5.41) is 13.2. The largest absolute Gasteiger partial charge is 0.344 e. The Morgan fingerprint density at radius 2 is 1.90 bits per heavy atom. The molecule has 0 aliphatic carbocycles. The van der Waals surface area contributed by atoms with Crippen molar-refractivity contribution in [3.8, 4) is 11.3 Å². The smallest absolute Gasteiger partial charge is 0.248 e. The third kappa shape index (κ3) is 5.93. The average Bonchev–Trinajstić information content (AvgIpc) is 3.17.